The number of ketones is 1. The molecule has 0 aromatic heterocycles. The van der Waals surface area contributed by atoms with E-state index in [0.29, 0.717) is 17.8 Å². The normalized spacial score (nSPS) is 10.3. The first kappa shape index (κ1) is 15.1. The first-order chi connectivity index (χ1) is 9.01. The number of nitro groups is 1. The molecule has 0 fully saturated rings. The molecule has 0 N–H and O–H groups in total. The molecule has 1 aromatic carbocycles. The van der Waals surface area contributed by atoms with Crippen LogP contribution in [0, 0.1) is 10.1 Å². The predicted octanol–water partition coefficient (Wildman–Crippen LogP) is 3.42. The van der Waals surface area contributed by atoms with Crippen LogP contribution < -0.4 is 4.90 Å². The van der Waals surface area contributed by atoms with E-state index in [4.69, 9.17) is 0 Å². The highest BCUT2D eigenvalue weighted by Gasteiger charge is 2.19. The summed E-state index contributed by atoms with van der Waals surface area (Å²) in [6.45, 7) is 6.96. The van der Waals surface area contributed by atoms with Gasteiger partial charge in [0.2, 0.25) is 0 Å². The maximum Gasteiger partial charge on any atom is 0.293 e. The summed E-state index contributed by atoms with van der Waals surface area (Å²) in [4.78, 5) is 24.0. The third-order valence-electron chi connectivity index (χ3n) is 3.08. The lowest BCUT2D eigenvalue weighted by molar-refractivity contribution is -0.384. The molecule has 0 spiro atoms. The number of benzene rings is 1. The minimum Gasteiger partial charge on any atom is -0.366 e. The molecule has 0 aliphatic rings. The molecule has 0 heterocycles. The molecule has 104 valence electrons. The number of anilines is 1. The summed E-state index contributed by atoms with van der Waals surface area (Å²) in [5.74, 6) is -0.161. The quantitative estimate of drug-likeness (QED) is 0.430. The van der Waals surface area contributed by atoms with Crippen LogP contribution in [-0.4, -0.2) is 23.8 Å². The third kappa shape index (κ3) is 3.77. The Balaban J connectivity index is 3.17. The maximum absolute atomic E-state index is 11.3. The Bertz CT molecular complexity index is 472. The van der Waals surface area contributed by atoms with Crippen molar-refractivity contribution >= 4 is 17.2 Å². The molecule has 0 saturated heterocycles. The van der Waals surface area contributed by atoms with Gasteiger partial charge in [0, 0.05) is 24.7 Å². The number of nitrogens with zero attached hydrogens (tertiary/aromatic N) is 2. The molecule has 0 aliphatic carbocycles. The van der Waals surface area contributed by atoms with Crippen LogP contribution >= 0.6 is 0 Å². The molecule has 1 aromatic rings. The van der Waals surface area contributed by atoms with Gasteiger partial charge in [-0.1, -0.05) is 13.3 Å². The molecule has 5 nitrogen and oxygen atoms in total. The van der Waals surface area contributed by atoms with Crippen LogP contribution in [-0.2, 0) is 0 Å². The lowest BCUT2D eigenvalue weighted by Gasteiger charge is -2.22. The second-order valence-corrected chi connectivity index (χ2v) is 4.45. The molecule has 0 aliphatic heterocycles. The number of unbranched alkanes of at least 4 members (excludes halogenated alkanes) is 1. The summed E-state index contributed by atoms with van der Waals surface area (Å²) in [6.07, 6.45) is 2.02. The van der Waals surface area contributed by atoms with Gasteiger partial charge in [0.05, 0.1) is 4.92 Å². The zero-order valence-electron chi connectivity index (χ0n) is 11.7. The minimum atomic E-state index is -0.420. The first-order valence-corrected chi connectivity index (χ1v) is 6.55. The third-order valence-corrected chi connectivity index (χ3v) is 3.08. The van der Waals surface area contributed by atoms with E-state index in [9.17, 15) is 14.9 Å². The van der Waals surface area contributed by atoms with Gasteiger partial charge in [-0.25, -0.2) is 0 Å². The van der Waals surface area contributed by atoms with Gasteiger partial charge in [-0.15, -0.1) is 0 Å². The van der Waals surface area contributed by atoms with E-state index in [1.54, 1.807) is 12.1 Å². The van der Waals surface area contributed by atoms with Crippen molar-refractivity contribution in [3.63, 3.8) is 0 Å². The van der Waals surface area contributed by atoms with Crippen LogP contribution in [0.5, 0.6) is 0 Å². The number of carbonyl (C=O) groups is 1. The molecule has 0 saturated carbocycles. The molecule has 0 atom stereocenters. The van der Waals surface area contributed by atoms with Crippen LogP contribution in [0.25, 0.3) is 0 Å². The van der Waals surface area contributed by atoms with Crippen LogP contribution in [0.4, 0.5) is 11.4 Å². The smallest absolute Gasteiger partial charge is 0.293 e. The molecular formula is C14H20N2O3. The van der Waals surface area contributed by atoms with Crippen LogP contribution in [0.15, 0.2) is 18.2 Å². The highest BCUT2D eigenvalue weighted by Crippen LogP contribution is 2.29. The molecular weight excluding hydrogens is 244 g/mol. The number of hydrogen-bond acceptors (Lipinski definition) is 4. The van der Waals surface area contributed by atoms with E-state index in [2.05, 4.69) is 6.92 Å². The zero-order chi connectivity index (χ0) is 14.4. The Morgan fingerprint density at radius 1 is 1.37 bits per heavy atom. The summed E-state index contributed by atoms with van der Waals surface area (Å²) >= 11 is 0. The van der Waals surface area contributed by atoms with Crippen molar-refractivity contribution in [3.8, 4) is 0 Å². The lowest BCUT2D eigenvalue weighted by atomic mass is 10.1. The van der Waals surface area contributed by atoms with Gasteiger partial charge >= 0.3 is 0 Å². The first-order valence-electron chi connectivity index (χ1n) is 6.55. The number of carbonyl (C=O) groups excluding carboxylic acids is 1. The fourth-order valence-corrected chi connectivity index (χ4v) is 1.95. The van der Waals surface area contributed by atoms with Gasteiger partial charge in [-0.05, 0) is 32.4 Å². The Morgan fingerprint density at radius 3 is 2.53 bits per heavy atom. The van der Waals surface area contributed by atoms with Crippen LogP contribution in [0.1, 0.15) is 44.0 Å². The fourth-order valence-electron chi connectivity index (χ4n) is 1.95. The molecule has 0 radical (unpaired) electrons. The lowest BCUT2D eigenvalue weighted by Crippen LogP contribution is -2.24. The van der Waals surface area contributed by atoms with E-state index in [1.165, 1.54) is 13.0 Å². The van der Waals surface area contributed by atoms with Crippen molar-refractivity contribution < 1.29 is 9.72 Å². The SMILES string of the molecule is CCCCN(CC)c1ccc(C(C)=O)cc1[N+](=O)[O-]. The molecule has 1 rings (SSSR count). The van der Waals surface area contributed by atoms with Gasteiger partial charge in [0.1, 0.15) is 5.69 Å². The molecule has 5 heteroatoms. The Labute approximate surface area is 113 Å². The number of Topliss-reactive ketones (excluding diaryl/α,β-unsaturated/α-hetero) is 1. The summed E-state index contributed by atoms with van der Waals surface area (Å²) in [5, 5.41) is 11.2. The second-order valence-electron chi connectivity index (χ2n) is 4.45. The Hall–Kier alpha value is -1.91. The predicted molar refractivity (Wildman–Crippen MR) is 75.9 cm³/mol. The molecule has 0 unspecified atom stereocenters. The van der Waals surface area contributed by atoms with Gasteiger partial charge in [0.25, 0.3) is 5.69 Å². The highest BCUT2D eigenvalue weighted by atomic mass is 16.6. The van der Waals surface area contributed by atoms with Crippen molar-refractivity contribution in [1.29, 1.82) is 0 Å². The molecule has 0 amide bonds. The number of rotatable bonds is 7. The van der Waals surface area contributed by atoms with Gasteiger partial charge in [-0.2, -0.15) is 0 Å². The Morgan fingerprint density at radius 2 is 2.05 bits per heavy atom. The largest absolute Gasteiger partial charge is 0.366 e. The van der Waals surface area contributed by atoms with Crippen LogP contribution in [0.3, 0.4) is 0 Å². The Kier molecular flexibility index (Phi) is 5.48. The molecule has 19 heavy (non-hydrogen) atoms. The number of hydrogen-bond donors (Lipinski definition) is 0. The van der Waals surface area contributed by atoms with E-state index in [0.717, 1.165) is 19.4 Å². The zero-order valence-corrected chi connectivity index (χ0v) is 11.7. The van der Waals surface area contributed by atoms with E-state index in [-0.39, 0.29) is 11.5 Å². The molecule has 0 bridgehead atoms. The number of nitro benzene ring substituents is 1. The van der Waals surface area contributed by atoms with Gasteiger partial charge in [-0.3, -0.25) is 14.9 Å². The highest BCUT2D eigenvalue weighted by molar-refractivity contribution is 5.95. The van der Waals surface area contributed by atoms with Crippen LogP contribution in [0.2, 0.25) is 0 Å². The second kappa shape index (κ2) is 6.87. The van der Waals surface area contributed by atoms with Crippen molar-refractivity contribution in [1.82, 2.24) is 0 Å². The standard InChI is InChI=1S/C14H20N2O3/c1-4-6-9-15(5-2)13-8-7-12(11(3)17)10-14(13)16(18)19/h7-8,10H,4-6,9H2,1-3H3. The summed E-state index contributed by atoms with van der Waals surface area (Å²) in [7, 11) is 0. The van der Waals surface area contributed by atoms with Gasteiger partial charge in [0.15, 0.2) is 5.78 Å². The van der Waals surface area contributed by atoms with Crippen molar-refractivity contribution in [2.24, 2.45) is 0 Å². The fraction of sp³-hybridized carbons (Fsp3) is 0.500. The maximum atomic E-state index is 11.3. The van der Waals surface area contributed by atoms with Gasteiger partial charge < -0.3 is 4.90 Å². The average molecular weight is 264 g/mol. The van der Waals surface area contributed by atoms with E-state index in [1.807, 2.05) is 11.8 Å². The van der Waals surface area contributed by atoms with Crippen molar-refractivity contribution in [3.05, 3.63) is 33.9 Å². The monoisotopic (exact) mass is 264 g/mol. The topological polar surface area (TPSA) is 63.5 Å². The van der Waals surface area contributed by atoms with Crippen molar-refractivity contribution in [2.45, 2.75) is 33.6 Å². The average Bonchev–Trinajstić information content (AvgIpc) is 2.39. The van der Waals surface area contributed by atoms with E-state index >= 15 is 0 Å². The minimum absolute atomic E-state index is 0.00523. The summed E-state index contributed by atoms with van der Waals surface area (Å²) < 4.78 is 0. The summed E-state index contributed by atoms with van der Waals surface area (Å²) in [6, 6.07) is 4.69. The van der Waals surface area contributed by atoms with E-state index < -0.39 is 4.92 Å². The van der Waals surface area contributed by atoms with Crippen molar-refractivity contribution in [2.75, 3.05) is 18.0 Å². The summed E-state index contributed by atoms with van der Waals surface area (Å²) in [5.41, 5.74) is 0.971.